The first-order valence-corrected chi connectivity index (χ1v) is 8.52. The van der Waals surface area contributed by atoms with Crippen LogP contribution in [0.4, 0.5) is 4.79 Å². The normalized spacial score (nSPS) is 11.6. The summed E-state index contributed by atoms with van der Waals surface area (Å²) in [4.78, 5) is 12.0. The molecule has 0 heterocycles. The molecule has 1 unspecified atom stereocenters. The van der Waals surface area contributed by atoms with Gasteiger partial charge in [0.2, 0.25) is 0 Å². The van der Waals surface area contributed by atoms with Crippen molar-refractivity contribution in [2.45, 2.75) is 45.6 Å². The van der Waals surface area contributed by atoms with E-state index in [-0.39, 0.29) is 6.04 Å². The molecule has 1 atom stereocenters. The molecule has 0 bridgehead atoms. The predicted molar refractivity (Wildman–Crippen MR) is 95.7 cm³/mol. The second kappa shape index (κ2) is 9.60. The molecule has 0 fully saturated rings. The van der Waals surface area contributed by atoms with Crippen molar-refractivity contribution in [1.29, 1.82) is 0 Å². The molecule has 0 aliphatic heterocycles. The van der Waals surface area contributed by atoms with Crippen molar-refractivity contribution < 1.29 is 14.3 Å². The van der Waals surface area contributed by atoms with E-state index in [1.807, 2.05) is 30.3 Å². The molecule has 24 heavy (non-hydrogen) atoms. The second-order valence-corrected chi connectivity index (χ2v) is 5.67. The molecular formula is C20H25NO3. The van der Waals surface area contributed by atoms with Gasteiger partial charge in [-0.1, -0.05) is 44.9 Å². The highest BCUT2D eigenvalue weighted by Gasteiger charge is 2.11. The van der Waals surface area contributed by atoms with E-state index in [0.29, 0.717) is 11.5 Å². The van der Waals surface area contributed by atoms with Crippen LogP contribution in [0.15, 0.2) is 54.6 Å². The number of ether oxygens (including phenoxy) is 2. The van der Waals surface area contributed by atoms with Gasteiger partial charge in [0.15, 0.2) is 0 Å². The first-order chi connectivity index (χ1) is 11.7. The molecule has 2 aromatic carbocycles. The molecule has 0 spiro atoms. The van der Waals surface area contributed by atoms with E-state index in [4.69, 9.17) is 9.47 Å². The van der Waals surface area contributed by atoms with Gasteiger partial charge in [-0.15, -0.1) is 0 Å². The summed E-state index contributed by atoms with van der Waals surface area (Å²) < 4.78 is 11.0. The van der Waals surface area contributed by atoms with Crippen LogP contribution >= 0.6 is 0 Å². The molecule has 4 nitrogen and oxygen atoms in total. The van der Waals surface area contributed by atoms with Crippen LogP contribution < -0.4 is 14.8 Å². The molecule has 1 N–H and O–H groups in total. The van der Waals surface area contributed by atoms with Crippen LogP contribution in [-0.4, -0.2) is 12.1 Å². The number of rotatable bonds is 8. The molecule has 4 heteroatoms. The Labute approximate surface area is 143 Å². The predicted octanol–water partition coefficient (Wildman–Crippen LogP) is 5.54. The van der Waals surface area contributed by atoms with Gasteiger partial charge in [-0.25, -0.2) is 4.79 Å². The maximum absolute atomic E-state index is 12.0. The summed E-state index contributed by atoms with van der Waals surface area (Å²) in [6.07, 6.45) is 3.69. The van der Waals surface area contributed by atoms with Crippen molar-refractivity contribution in [3.05, 3.63) is 54.6 Å². The fraction of sp³-hybridized carbons (Fsp3) is 0.350. The van der Waals surface area contributed by atoms with Crippen LogP contribution in [0.1, 0.15) is 39.5 Å². The minimum Gasteiger partial charge on any atom is -0.457 e. The van der Waals surface area contributed by atoms with Crippen molar-refractivity contribution in [2.24, 2.45) is 0 Å². The van der Waals surface area contributed by atoms with Gasteiger partial charge in [0.05, 0.1) is 0 Å². The fourth-order valence-electron chi connectivity index (χ4n) is 2.33. The molecular weight excluding hydrogens is 302 g/mol. The smallest absolute Gasteiger partial charge is 0.412 e. The van der Waals surface area contributed by atoms with Crippen molar-refractivity contribution in [2.75, 3.05) is 0 Å². The lowest BCUT2D eigenvalue weighted by Gasteiger charge is -2.16. The lowest BCUT2D eigenvalue weighted by Crippen LogP contribution is -2.36. The van der Waals surface area contributed by atoms with Crippen LogP contribution in [0.25, 0.3) is 0 Å². The lowest BCUT2D eigenvalue weighted by molar-refractivity contribution is 0.194. The quantitative estimate of drug-likeness (QED) is 0.693. The van der Waals surface area contributed by atoms with Crippen molar-refractivity contribution in [3.8, 4) is 17.2 Å². The van der Waals surface area contributed by atoms with Gasteiger partial charge in [-0.05, 0) is 49.2 Å². The third-order valence-corrected chi connectivity index (χ3v) is 3.73. The SMILES string of the molecule is CCCCC(CC)NC(=O)Oc1ccc(Oc2ccccc2)cc1. The minimum atomic E-state index is -0.408. The number of para-hydroxylation sites is 1. The highest BCUT2D eigenvalue weighted by Crippen LogP contribution is 2.23. The van der Waals surface area contributed by atoms with E-state index >= 15 is 0 Å². The molecule has 2 rings (SSSR count). The first kappa shape index (κ1) is 17.9. The Morgan fingerprint density at radius 2 is 1.58 bits per heavy atom. The summed E-state index contributed by atoms with van der Waals surface area (Å²) in [5, 5.41) is 2.91. The summed E-state index contributed by atoms with van der Waals surface area (Å²) in [6.45, 7) is 4.21. The van der Waals surface area contributed by atoms with E-state index in [0.717, 1.165) is 31.4 Å². The van der Waals surface area contributed by atoms with Gasteiger partial charge in [0.1, 0.15) is 17.2 Å². The van der Waals surface area contributed by atoms with E-state index in [2.05, 4.69) is 19.2 Å². The highest BCUT2D eigenvalue weighted by atomic mass is 16.6. The van der Waals surface area contributed by atoms with Gasteiger partial charge in [0.25, 0.3) is 0 Å². The Kier molecular flexibility index (Phi) is 7.15. The molecule has 0 saturated carbocycles. The van der Waals surface area contributed by atoms with Gasteiger partial charge in [-0.2, -0.15) is 0 Å². The van der Waals surface area contributed by atoms with E-state index in [1.54, 1.807) is 24.3 Å². The van der Waals surface area contributed by atoms with Gasteiger partial charge < -0.3 is 14.8 Å². The average Bonchev–Trinajstić information content (AvgIpc) is 2.61. The molecule has 0 aliphatic rings. The molecule has 0 radical (unpaired) electrons. The summed E-state index contributed by atoms with van der Waals surface area (Å²) >= 11 is 0. The van der Waals surface area contributed by atoms with Crippen LogP contribution in [0.2, 0.25) is 0 Å². The standard InChI is InChI=1S/C20H25NO3/c1-3-5-9-16(4-2)21-20(22)24-19-14-12-18(13-15-19)23-17-10-7-6-8-11-17/h6-8,10-16H,3-5,9H2,1-2H3,(H,21,22). The number of carbonyl (C=O) groups is 1. The third kappa shape index (κ3) is 5.95. The van der Waals surface area contributed by atoms with Crippen LogP contribution in [0.5, 0.6) is 17.2 Å². The molecule has 2 aromatic rings. The van der Waals surface area contributed by atoms with Crippen molar-refractivity contribution >= 4 is 6.09 Å². The monoisotopic (exact) mass is 327 g/mol. The Morgan fingerprint density at radius 1 is 0.958 bits per heavy atom. The Morgan fingerprint density at radius 3 is 2.21 bits per heavy atom. The van der Waals surface area contributed by atoms with Gasteiger partial charge >= 0.3 is 6.09 Å². The molecule has 0 aliphatic carbocycles. The lowest BCUT2D eigenvalue weighted by atomic mass is 10.1. The molecule has 1 amide bonds. The van der Waals surface area contributed by atoms with E-state index < -0.39 is 6.09 Å². The number of hydrogen-bond acceptors (Lipinski definition) is 3. The van der Waals surface area contributed by atoms with Crippen molar-refractivity contribution in [3.63, 3.8) is 0 Å². The third-order valence-electron chi connectivity index (χ3n) is 3.73. The Bertz CT molecular complexity index is 611. The summed E-state index contributed by atoms with van der Waals surface area (Å²) in [6, 6.07) is 16.7. The fourth-order valence-corrected chi connectivity index (χ4v) is 2.33. The topological polar surface area (TPSA) is 47.6 Å². The zero-order valence-corrected chi connectivity index (χ0v) is 14.3. The summed E-state index contributed by atoms with van der Waals surface area (Å²) in [5.41, 5.74) is 0. The Hall–Kier alpha value is -2.49. The molecule has 128 valence electrons. The number of amides is 1. The maximum atomic E-state index is 12.0. The number of unbranched alkanes of at least 4 members (excludes halogenated alkanes) is 1. The highest BCUT2D eigenvalue weighted by molar-refractivity contribution is 5.70. The maximum Gasteiger partial charge on any atom is 0.412 e. The number of carbonyl (C=O) groups excluding carboxylic acids is 1. The zero-order valence-electron chi connectivity index (χ0n) is 14.3. The van der Waals surface area contributed by atoms with E-state index in [1.165, 1.54) is 0 Å². The second-order valence-electron chi connectivity index (χ2n) is 5.67. The average molecular weight is 327 g/mol. The first-order valence-electron chi connectivity index (χ1n) is 8.52. The summed E-state index contributed by atoms with van der Waals surface area (Å²) in [5.74, 6) is 1.97. The number of benzene rings is 2. The van der Waals surface area contributed by atoms with Crippen molar-refractivity contribution in [1.82, 2.24) is 5.32 Å². The Balaban J connectivity index is 1.85. The zero-order chi connectivity index (χ0) is 17.2. The molecule has 0 aromatic heterocycles. The largest absolute Gasteiger partial charge is 0.457 e. The van der Waals surface area contributed by atoms with Gasteiger partial charge in [0, 0.05) is 6.04 Å². The van der Waals surface area contributed by atoms with Crippen LogP contribution in [0.3, 0.4) is 0 Å². The number of hydrogen-bond donors (Lipinski definition) is 1. The van der Waals surface area contributed by atoms with Crippen LogP contribution in [-0.2, 0) is 0 Å². The van der Waals surface area contributed by atoms with Crippen LogP contribution in [0, 0.1) is 0 Å². The minimum absolute atomic E-state index is 0.165. The van der Waals surface area contributed by atoms with Gasteiger partial charge in [-0.3, -0.25) is 0 Å². The number of nitrogens with one attached hydrogen (secondary N) is 1. The molecule has 0 saturated heterocycles. The van der Waals surface area contributed by atoms with E-state index in [9.17, 15) is 4.79 Å². The summed E-state index contributed by atoms with van der Waals surface area (Å²) in [7, 11) is 0.